The van der Waals surface area contributed by atoms with Crippen molar-refractivity contribution in [1.82, 2.24) is 20.5 Å². The first-order chi connectivity index (χ1) is 15.6. The Bertz CT molecular complexity index is 1270. The number of rotatable bonds is 4. The summed E-state index contributed by atoms with van der Waals surface area (Å²) in [7, 11) is 0. The summed E-state index contributed by atoms with van der Waals surface area (Å²) in [5, 5.41) is 16.0. The molecule has 3 heterocycles. The van der Waals surface area contributed by atoms with Gasteiger partial charge in [0.15, 0.2) is 0 Å². The lowest BCUT2D eigenvalue weighted by Gasteiger charge is -2.34. The maximum atomic E-state index is 13.8. The Morgan fingerprint density at radius 1 is 1.16 bits per heavy atom. The number of piperidine rings is 1. The number of carbonyl (C=O) groups excluding carboxylic acids is 1. The van der Waals surface area contributed by atoms with Gasteiger partial charge in [-0.3, -0.25) is 9.69 Å². The van der Waals surface area contributed by atoms with Crippen LogP contribution in [-0.2, 0) is 0 Å². The fraction of sp³-hybridized carbons (Fsp3) is 0.250. The highest BCUT2D eigenvalue weighted by atomic mass is 35.5. The van der Waals surface area contributed by atoms with E-state index in [0.717, 1.165) is 52.3 Å². The van der Waals surface area contributed by atoms with E-state index >= 15 is 0 Å². The number of amides is 1. The van der Waals surface area contributed by atoms with Crippen molar-refractivity contribution >= 4 is 45.4 Å². The van der Waals surface area contributed by atoms with Crippen molar-refractivity contribution in [2.75, 3.05) is 18.0 Å². The molecule has 8 heteroatoms. The normalized spacial score (nSPS) is 16.2. The Labute approximate surface area is 195 Å². The van der Waals surface area contributed by atoms with Gasteiger partial charge in [0.25, 0.3) is 5.91 Å². The standard InChI is InChI=1S/C24H22ClN5OS/c1-15-28-29-23(32-15)16-4-6-17(7-5-16)24(31)30(20-3-2-11-26-14-20)22-21-9-8-19(25)13-18(21)10-12-27-22/h4-10,12-13,20,26H,2-3,11,14H2,1H3/t20-/m1/s1. The number of carbonyl (C=O) groups is 1. The van der Waals surface area contributed by atoms with Crippen molar-refractivity contribution in [1.29, 1.82) is 0 Å². The summed E-state index contributed by atoms with van der Waals surface area (Å²) >= 11 is 7.74. The average Bonchev–Trinajstić information content (AvgIpc) is 3.26. The van der Waals surface area contributed by atoms with Gasteiger partial charge in [0, 0.05) is 34.3 Å². The molecule has 0 radical (unpaired) electrons. The first-order valence-electron chi connectivity index (χ1n) is 10.6. The first-order valence-corrected chi connectivity index (χ1v) is 11.8. The maximum Gasteiger partial charge on any atom is 0.259 e. The predicted octanol–water partition coefficient (Wildman–Crippen LogP) is 5.11. The number of fused-ring (bicyclic) bond motifs is 1. The fourth-order valence-corrected chi connectivity index (χ4v) is 5.00. The topological polar surface area (TPSA) is 71.0 Å². The molecule has 6 nitrogen and oxygen atoms in total. The number of nitrogens with one attached hydrogen (secondary N) is 1. The second-order valence-corrected chi connectivity index (χ2v) is 9.50. The van der Waals surface area contributed by atoms with Gasteiger partial charge < -0.3 is 5.32 Å². The summed E-state index contributed by atoms with van der Waals surface area (Å²) in [5.41, 5.74) is 1.57. The predicted molar refractivity (Wildman–Crippen MR) is 130 cm³/mol. The van der Waals surface area contributed by atoms with Crippen LogP contribution >= 0.6 is 22.9 Å². The van der Waals surface area contributed by atoms with Gasteiger partial charge in [0.1, 0.15) is 15.8 Å². The lowest BCUT2D eigenvalue weighted by molar-refractivity contribution is 0.0972. The third-order valence-electron chi connectivity index (χ3n) is 5.69. The number of anilines is 1. The molecule has 0 unspecified atom stereocenters. The Morgan fingerprint density at radius 2 is 2.00 bits per heavy atom. The van der Waals surface area contributed by atoms with E-state index in [1.807, 2.05) is 60.4 Å². The first kappa shape index (κ1) is 21.0. The molecular formula is C24H22ClN5OS. The van der Waals surface area contributed by atoms with E-state index in [9.17, 15) is 4.79 Å². The Hall–Kier alpha value is -2.87. The summed E-state index contributed by atoms with van der Waals surface area (Å²) in [6.45, 7) is 3.63. The zero-order valence-electron chi connectivity index (χ0n) is 17.6. The van der Waals surface area contributed by atoms with Crippen LogP contribution in [0.4, 0.5) is 5.82 Å². The van der Waals surface area contributed by atoms with Crippen molar-refractivity contribution in [2.45, 2.75) is 25.8 Å². The summed E-state index contributed by atoms with van der Waals surface area (Å²) in [6.07, 6.45) is 3.68. The second-order valence-electron chi connectivity index (χ2n) is 7.88. The van der Waals surface area contributed by atoms with E-state index in [-0.39, 0.29) is 11.9 Å². The van der Waals surface area contributed by atoms with Gasteiger partial charge in [0.2, 0.25) is 0 Å². The fourth-order valence-electron chi connectivity index (χ4n) is 4.12. The number of hydrogen-bond donors (Lipinski definition) is 1. The summed E-state index contributed by atoms with van der Waals surface area (Å²) in [4.78, 5) is 20.3. The lowest BCUT2D eigenvalue weighted by atomic mass is 10.0. The van der Waals surface area contributed by atoms with Crippen LogP contribution in [0.25, 0.3) is 21.3 Å². The number of hydrogen-bond acceptors (Lipinski definition) is 6. The highest BCUT2D eigenvalue weighted by molar-refractivity contribution is 7.14. The van der Waals surface area contributed by atoms with Gasteiger partial charge in [-0.1, -0.05) is 35.1 Å². The minimum atomic E-state index is -0.0614. The van der Waals surface area contributed by atoms with Crippen LogP contribution in [0, 0.1) is 6.92 Å². The number of pyridine rings is 1. The third kappa shape index (κ3) is 4.11. The highest BCUT2D eigenvalue weighted by Crippen LogP contribution is 2.31. The average molecular weight is 464 g/mol. The Kier molecular flexibility index (Phi) is 5.87. The van der Waals surface area contributed by atoms with Crippen LogP contribution in [0.15, 0.2) is 54.7 Å². The molecule has 1 aliphatic rings. The van der Waals surface area contributed by atoms with Gasteiger partial charge in [-0.05, 0) is 68.1 Å². The molecule has 1 amide bonds. The number of halogens is 1. The number of aromatic nitrogens is 3. The Balaban J connectivity index is 1.55. The highest BCUT2D eigenvalue weighted by Gasteiger charge is 2.30. The van der Waals surface area contributed by atoms with E-state index in [0.29, 0.717) is 16.4 Å². The molecule has 1 aliphatic heterocycles. The SMILES string of the molecule is Cc1nnc(-c2ccc(C(=O)N(c3nccc4cc(Cl)ccc34)[C@@H]3CCCNC3)cc2)s1. The van der Waals surface area contributed by atoms with E-state index in [2.05, 4.69) is 20.5 Å². The zero-order valence-corrected chi connectivity index (χ0v) is 19.2. The molecule has 0 saturated carbocycles. The van der Waals surface area contributed by atoms with E-state index < -0.39 is 0 Å². The minimum absolute atomic E-state index is 0.0236. The molecule has 2 aromatic carbocycles. The van der Waals surface area contributed by atoms with Crippen molar-refractivity contribution in [3.05, 3.63) is 70.3 Å². The molecule has 1 N–H and O–H groups in total. The van der Waals surface area contributed by atoms with Crippen LogP contribution < -0.4 is 10.2 Å². The minimum Gasteiger partial charge on any atom is -0.315 e. The van der Waals surface area contributed by atoms with E-state index in [1.165, 1.54) is 11.3 Å². The molecule has 32 heavy (non-hydrogen) atoms. The van der Waals surface area contributed by atoms with Crippen LogP contribution in [0.1, 0.15) is 28.2 Å². The number of nitrogens with zero attached hydrogens (tertiary/aromatic N) is 4. The molecule has 1 fully saturated rings. The lowest BCUT2D eigenvalue weighted by Crippen LogP contribution is -2.49. The van der Waals surface area contributed by atoms with E-state index in [4.69, 9.17) is 11.6 Å². The summed E-state index contributed by atoms with van der Waals surface area (Å²) in [6, 6.07) is 15.2. The molecule has 162 valence electrons. The molecule has 0 aliphatic carbocycles. The molecule has 1 saturated heterocycles. The van der Waals surface area contributed by atoms with Gasteiger partial charge >= 0.3 is 0 Å². The smallest absolute Gasteiger partial charge is 0.259 e. The molecule has 4 aromatic rings. The third-order valence-corrected chi connectivity index (χ3v) is 6.82. The van der Waals surface area contributed by atoms with Crippen molar-refractivity contribution in [3.8, 4) is 10.6 Å². The van der Waals surface area contributed by atoms with Gasteiger partial charge in [-0.15, -0.1) is 10.2 Å². The second kappa shape index (κ2) is 8.94. The van der Waals surface area contributed by atoms with Gasteiger partial charge in [0.05, 0.1) is 6.04 Å². The monoisotopic (exact) mass is 463 g/mol. The summed E-state index contributed by atoms with van der Waals surface area (Å²) < 4.78 is 0. The van der Waals surface area contributed by atoms with Crippen LogP contribution in [0.2, 0.25) is 5.02 Å². The summed E-state index contributed by atoms with van der Waals surface area (Å²) in [5.74, 6) is 0.607. The molecule has 5 rings (SSSR count). The van der Waals surface area contributed by atoms with Crippen molar-refractivity contribution < 1.29 is 4.79 Å². The zero-order chi connectivity index (χ0) is 22.1. The largest absolute Gasteiger partial charge is 0.315 e. The molecule has 0 bridgehead atoms. The van der Waals surface area contributed by atoms with Crippen molar-refractivity contribution in [3.63, 3.8) is 0 Å². The number of aryl methyl sites for hydroxylation is 1. The number of benzene rings is 2. The molecule has 1 atom stereocenters. The molecular weight excluding hydrogens is 442 g/mol. The van der Waals surface area contributed by atoms with Crippen LogP contribution in [0.5, 0.6) is 0 Å². The molecule has 0 spiro atoms. The quantitative estimate of drug-likeness (QED) is 0.455. The molecule has 2 aromatic heterocycles. The Morgan fingerprint density at radius 3 is 2.72 bits per heavy atom. The van der Waals surface area contributed by atoms with Crippen LogP contribution in [0.3, 0.4) is 0 Å². The van der Waals surface area contributed by atoms with Crippen molar-refractivity contribution in [2.24, 2.45) is 0 Å². The van der Waals surface area contributed by atoms with Gasteiger partial charge in [-0.2, -0.15) is 0 Å². The maximum absolute atomic E-state index is 13.8. The van der Waals surface area contributed by atoms with Gasteiger partial charge in [-0.25, -0.2) is 4.98 Å². The van der Waals surface area contributed by atoms with E-state index in [1.54, 1.807) is 6.20 Å². The van der Waals surface area contributed by atoms with Crippen LogP contribution in [-0.4, -0.2) is 40.2 Å².